The second-order valence-corrected chi connectivity index (χ2v) is 3.72. The number of hydrogen-bond donors (Lipinski definition) is 4. The molecule has 0 aliphatic rings. The number of nitrogens with zero attached hydrogens (tertiary/aromatic N) is 2. The minimum atomic E-state index is -0.833. The van der Waals surface area contributed by atoms with Crippen LogP contribution in [0.3, 0.4) is 0 Å². The van der Waals surface area contributed by atoms with Crippen LogP contribution in [0.2, 0.25) is 0 Å². The molecule has 0 atom stereocenters. The Morgan fingerprint density at radius 3 is 1.96 bits per heavy atom. The van der Waals surface area contributed by atoms with Crippen molar-refractivity contribution in [3.05, 3.63) is 22.7 Å². The van der Waals surface area contributed by atoms with E-state index in [1.165, 1.54) is 12.3 Å². The minimum Gasteiger partial charge on any atom is -0.855 e. The summed E-state index contributed by atoms with van der Waals surface area (Å²) in [6, 6.07) is 2.67. The number of nitriles is 1. The number of hydrogen-bond acceptors (Lipinski definition) is 8. The number of urea groups is 1. The van der Waals surface area contributed by atoms with Crippen LogP contribution in [-0.2, 0) is 9.47 Å². The molecule has 1 aromatic rings. The summed E-state index contributed by atoms with van der Waals surface area (Å²) in [5.74, 6) is 0.338. The number of nitrogen functional groups attached to an aromatic ring is 1. The van der Waals surface area contributed by atoms with Gasteiger partial charge < -0.3 is 31.8 Å². The Morgan fingerprint density at radius 2 is 1.74 bits per heavy atom. The van der Waals surface area contributed by atoms with Crippen LogP contribution in [0.15, 0.2) is 17.1 Å². The Kier molecular flexibility index (Phi) is 39.1. The second-order valence-electron chi connectivity index (χ2n) is 3.72. The SMILES string of the molecule is C.CCOC(CC#N)OCC.CC[O-].NC(N)=O.Nc1ccnc(=O)[nH]1.[Na+]. The molecule has 27 heavy (non-hydrogen) atoms. The number of ether oxygens (including phenoxy) is 2. The van der Waals surface area contributed by atoms with Crippen LogP contribution in [0.4, 0.5) is 10.6 Å². The number of primary amides is 2. The van der Waals surface area contributed by atoms with Gasteiger partial charge in [-0.3, -0.25) is 4.98 Å². The van der Waals surface area contributed by atoms with Gasteiger partial charge in [-0.25, -0.2) is 14.6 Å². The minimum absolute atomic E-state index is 0. The molecule has 1 heterocycles. The standard InChI is InChI=1S/C7H13NO2.C4H5N3O.C2H5O.CH4N2O.CH4.Na/c1-3-9-7(5-6-8)10-4-2;5-3-1-2-6-4(8)7-3;1-2-3;2-1(3)4;;/h7H,3-5H2,1-2H3;1-2H,(H3,5,6,7,8);2H2,1H3;(H4,2,3,4);1H4;/q;;-1;;;+1. The number of aromatic amines is 1. The molecule has 0 radical (unpaired) electrons. The van der Waals surface area contributed by atoms with Gasteiger partial charge in [-0.1, -0.05) is 14.4 Å². The first-order chi connectivity index (χ1) is 11.8. The van der Waals surface area contributed by atoms with Crippen LogP contribution in [0.25, 0.3) is 0 Å². The fourth-order valence-electron chi connectivity index (χ4n) is 0.995. The summed E-state index contributed by atoms with van der Waals surface area (Å²) in [7, 11) is 0. The molecule has 12 heteroatoms. The van der Waals surface area contributed by atoms with Gasteiger partial charge in [0.1, 0.15) is 5.82 Å². The Labute approximate surface area is 182 Å². The summed E-state index contributed by atoms with van der Waals surface area (Å²) in [6.45, 7) is 6.51. The van der Waals surface area contributed by atoms with Crippen molar-refractivity contribution in [2.75, 3.05) is 25.6 Å². The molecule has 11 nitrogen and oxygen atoms in total. The molecule has 0 aliphatic heterocycles. The Morgan fingerprint density at radius 1 is 1.33 bits per heavy atom. The number of rotatable bonds is 5. The number of nitrogens with two attached hydrogens (primary N) is 3. The first-order valence-electron chi connectivity index (χ1n) is 7.32. The van der Waals surface area contributed by atoms with E-state index in [1.807, 2.05) is 19.9 Å². The Bertz CT molecular complexity index is 514. The molecule has 0 spiro atoms. The van der Waals surface area contributed by atoms with E-state index in [0.717, 1.165) is 0 Å². The van der Waals surface area contributed by atoms with Gasteiger partial charge in [0, 0.05) is 19.4 Å². The van der Waals surface area contributed by atoms with E-state index in [9.17, 15) is 4.79 Å². The van der Waals surface area contributed by atoms with Gasteiger partial charge in [-0.15, -0.1) is 6.61 Å². The molecule has 0 fully saturated rings. The number of carbonyl (C=O) groups is 1. The van der Waals surface area contributed by atoms with Crippen LogP contribution in [-0.4, -0.2) is 42.1 Å². The molecule has 7 N–H and O–H groups in total. The quantitative estimate of drug-likeness (QED) is 0.291. The molecule has 0 unspecified atom stereocenters. The molecule has 0 bridgehead atoms. The Hall–Kier alpha value is -1.68. The van der Waals surface area contributed by atoms with Gasteiger partial charge in [-0.2, -0.15) is 5.26 Å². The maximum Gasteiger partial charge on any atom is 1.00 e. The largest absolute Gasteiger partial charge is 1.00 e. The molecule has 2 amide bonds. The summed E-state index contributed by atoms with van der Waals surface area (Å²) in [5, 5.41) is 17.2. The fourth-order valence-corrected chi connectivity index (χ4v) is 0.995. The third kappa shape index (κ3) is 40.4. The van der Waals surface area contributed by atoms with Gasteiger partial charge in [0.05, 0.1) is 12.5 Å². The van der Waals surface area contributed by atoms with Crippen LogP contribution in [0, 0.1) is 11.3 Å². The van der Waals surface area contributed by atoms with E-state index in [-0.39, 0.29) is 49.9 Å². The molecule has 1 aromatic heterocycles. The summed E-state index contributed by atoms with van der Waals surface area (Å²) in [4.78, 5) is 24.9. The average molecular weight is 398 g/mol. The van der Waals surface area contributed by atoms with Crippen LogP contribution >= 0.6 is 0 Å². The maximum absolute atomic E-state index is 10.2. The zero-order valence-electron chi connectivity index (χ0n) is 15.7. The molecule has 0 aliphatic carbocycles. The number of H-pyrrole nitrogens is 1. The van der Waals surface area contributed by atoms with Crippen molar-refractivity contribution in [1.82, 2.24) is 9.97 Å². The maximum atomic E-state index is 10.2. The van der Waals surface area contributed by atoms with Crippen LogP contribution in [0.5, 0.6) is 0 Å². The first kappa shape index (κ1) is 36.3. The zero-order valence-corrected chi connectivity index (χ0v) is 17.7. The summed E-state index contributed by atoms with van der Waals surface area (Å²) < 4.78 is 10.2. The molecular formula is C15H31N6NaO5. The predicted octanol–water partition coefficient (Wildman–Crippen LogP) is -3.32. The third-order valence-corrected chi connectivity index (χ3v) is 1.66. The van der Waals surface area contributed by atoms with Crippen molar-refractivity contribution in [3.63, 3.8) is 0 Å². The van der Waals surface area contributed by atoms with Crippen molar-refractivity contribution in [1.29, 1.82) is 5.26 Å². The molecule has 0 aromatic carbocycles. The number of aromatic nitrogens is 2. The van der Waals surface area contributed by atoms with E-state index < -0.39 is 11.7 Å². The van der Waals surface area contributed by atoms with Crippen molar-refractivity contribution in [3.8, 4) is 6.07 Å². The number of amides is 2. The van der Waals surface area contributed by atoms with E-state index in [4.69, 9.17) is 30.4 Å². The van der Waals surface area contributed by atoms with Gasteiger partial charge in [0.25, 0.3) is 0 Å². The second kappa shape index (κ2) is 29.1. The fraction of sp³-hybridized carbons (Fsp3) is 0.600. The number of anilines is 1. The molecule has 0 saturated heterocycles. The van der Waals surface area contributed by atoms with E-state index >= 15 is 0 Å². The molecular weight excluding hydrogens is 367 g/mol. The van der Waals surface area contributed by atoms with Crippen molar-refractivity contribution in [2.45, 2.75) is 40.9 Å². The normalized spacial score (nSPS) is 7.85. The van der Waals surface area contributed by atoms with Gasteiger partial charge >= 0.3 is 41.3 Å². The molecule has 1 rings (SSSR count). The average Bonchev–Trinajstić information content (AvgIpc) is 2.48. The van der Waals surface area contributed by atoms with Crippen molar-refractivity contribution < 1.29 is 48.9 Å². The van der Waals surface area contributed by atoms with Crippen LogP contribution in [0.1, 0.15) is 34.6 Å². The zero-order chi connectivity index (χ0) is 20.1. The topological polar surface area (TPSA) is 206 Å². The van der Waals surface area contributed by atoms with E-state index in [1.54, 1.807) is 6.92 Å². The van der Waals surface area contributed by atoms with Crippen molar-refractivity contribution >= 4 is 11.8 Å². The molecule has 0 saturated carbocycles. The number of carbonyl (C=O) groups excluding carboxylic acids is 1. The predicted molar refractivity (Wildman–Crippen MR) is 97.6 cm³/mol. The monoisotopic (exact) mass is 398 g/mol. The summed E-state index contributed by atoms with van der Waals surface area (Å²) in [6.07, 6.45) is 1.33. The summed E-state index contributed by atoms with van der Waals surface area (Å²) >= 11 is 0. The van der Waals surface area contributed by atoms with Crippen molar-refractivity contribution in [2.24, 2.45) is 11.5 Å². The van der Waals surface area contributed by atoms with Gasteiger partial charge in [-0.05, 0) is 19.9 Å². The van der Waals surface area contributed by atoms with E-state index in [0.29, 0.717) is 25.5 Å². The van der Waals surface area contributed by atoms with Gasteiger partial charge in [0.15, 0.2) is 6.29 Å². The first-order valence-corrected chi connectivity index (χ1v) is 7.32. The van der Waals surface area contributed by atoms with Crippen LogP contribution < -0.4 is 57.6 Å². The smallest absolute Gasteiger partial charge is 0.855 e. The third-order valence-electron chi connectivity index (χ3n) is 1.66. The molecule has 152 valence electrons. The van der Waals surface area contributed by atoms with Gasteiger partial charge in [0.2, 0.25) is 0 Å². The summed E-state index contributed by atoms with van der Waals surface area (Å²) in [5.41, 5.74) is 13.3. The number of nitrogens with one attached hydrogen (secondary N) is 1. The Balaban J connectivity index is -0.0000000854. The van der Waals surface area contributed by atoms with E-state index in [2.05, 4.69) is 21.4 Å².